The number of rotatable bonds is 5. The molecule has 122 valence electrons. The summed E-state index contributed by atoms with van der Waals surface area (Å²) in [6.45, 7) is 1.40. The van der Waals surface area contributed by atoms with Gasteiger partial charge in [-0.1, -0.05) is 18.2 Å². The Morgan fingerprint density at radius 2 is 2.09 bits per heavy atom. The molecule has 22 heavy (non-hydrogen) atoms. The van der Waals surface area contributed by atoms with Gasteiger partial charge in [0.2, 0.25) is 5.91 Å². The van der Waals surface area contributed by atoms with Crippen molar-refractivity contribution in [3.63, 3.8) is 0 Å². The summed E-state index contributed by atoms with van der Waals surface area (Å²) in [7, 11) is 0. The highest BCUT2D eigenvalue weighted by atomic mass is 35.5. The molecule has 7 heteroatoms. The van der Waals surface area contributed by atoms with Crippen LogP contribution in [0.3, 0.4) is 0 Å². The van der Waals surface area contributed by atoms with Crippen molar-refractivity contribution >= 4 is 24.3 Å². The second-order valence-corrected chi connectivity index (χ2v) is 5.28. The van der Waals surface area contributed by atoms with E-state index in [0.717, 1.165) is 13.0 Å². The molecule has 0 bridgehead atoms. The first-order valence-corrected chi connectivity index (χ1v) is 7.01. The average Bonchev–Trinajstić information content (AvgIpc) is 2.46. The monoisotopic (exact) mass is 330 g/mol. The summed E-state index contributed by atoms with van der Waals surface area (Å²) in [6, 6.07) is 6.29. The Labute approximate surface area is 134 Å². The van der Waals surface area contributed by atoms with Crippen LogP contribution in [0, 0.1) is 11.7 Å². The molecule has 1 aromatic carbocycles. The van der Waals surface area contributed by atoms with Crippen molar-refractivity contribution in [3.8, 4) is 0 Å². The number of nitrogens with one attached hydrogen (secondary N) is 1. The van der Waals surface area contributed by atoms with Gasteiger partial charge in [0, 0.05) is 18.7 Å². The molecule has 1 atom stereocenters. The third kappa shape index (κ3) is 5.27. The fraction of sp³-hybridized carbons (Fsp3) is 0.467. The number of carboxylic acid groups (broad SMARTS) is 1. The van der Waals surface area contributed by atoms with Crippen molar-refractivity contribution in [3.05, 3.63) is 35.6 Å². The van der Waals surface area contributed by atoms with Gasteiger partial charge in [0.1, 0.15) is 5.82 Å². The molecule has 1 aliphatic heterocycles. The van der Waals surface area contributed by atoms with Crippen molar-refractivity contribution in [2.75, 3.05) is 19.6 Å². The lowest BCUT2D eigenvalue weighted by molar-refractivity contribution is -0.144. The molecule has 1 aromatic rings. The highest BCUT2D eigenvalue weighted by molar-refractivity contribution is 5.85. The van der Waals surface area contributed by atoms with Gasteiger partial charge in [-0.2, -0.15) is 0 Å². The van der Waals surface area contributed by atoms with E-state index in [4.69, 9.17) is 5.11 Å². The highest BCUT2D eigenvalue weighted by Gasteiger charge is 2.26. The largest absolute Gasteiger partial charge is 0.481 e. The summed E-state index contributed by atoms with van der Waals surface area (Å²) >= 11 is 0. The zero-order valence-electron chi connectivity index (χ0n) is 12.1. The number of nitrogens with zero attached hydrogens (tertiary/aromatic N) is 1. The third-order valence-corrected chi connectivity index (χ3v) is 3.66. The minimum atomic E-state index is -0.813. The average molecular weight is 331 g/mol. The summed E-state index contributed by atoms with van der Waals surface area (Å²) in [5.74, 6) is -1.78. The second-order valence-electron chi connectivity index (χ2n) is 5.28. The van der Waals surface area contributed by atoms with Crippen LogP contribution in [0.4, 0.5) is 4.39 Å². The zero-order valence-corrected chi connectivity index (χ0v) is 12.9. The number of hydrogen-bond donors (Lipinski definition) is 2. The standard InChI is InChI=1S/C15H19FN2O3.ClH/c16-13-6-2-1-4-11(13)8-17-14(19)10-18-7-3-5-12(9-18)15(20)21;/h1-2,4,6,12H,3,5,7-10H2,(H,17,19)(H,20,21);1H. The number of carbonyl (C=O) groups excluding carboxylic acids is 1. The van der Waals surface area contributed by atoms with Crippen LogP contribution in [0.1, 0.15) is 18.4 Å². The maximum absolute atomic E-state index is 13.4. The maximum atomic E-state index is 13.4. The van der Waals surface area contributed by atoms with Crippen molar-refractivity contribution in [2.24, 2.45) is 5.92 Å². The Morgan fingerprint density at radius 1 is 1.36 bits per heavy atom. The van der Waals surface area contributed by atoms with Gasteiger partial charge in [0.25, 0.3) is 0 Å². The number of aliphatic carboxylic acids is 1. The molecule has 0 spiro atoms. The van der Waals surface area contributed by atoms with Crippen LogP contribution >= 0.6 is 12.4 Å². The van der Waals surface area contributed by atoms with E-state index in [1.807, 2.05) is 4.90 Å². The van der Waals surface area contributed by atoms with E-state index >= 15 is 0 Å². The fourth-order valence-corrected chi connectivity index (χ4v) is 2.50. The number of halogens is 2. The lowest BCUT2D eigenvalue weighted by Crippen LogP contribution is -2.44. The lowest BCUT2D eigenvalue weighted by atomic mass is 9.98. The fourth-order valence-electron chi connectivity index (χ4n) is 2.50. The van der Waals surface area contributed by atoms with Gasteiger partial charge < -0.3 is 10.4 Å². The predicted molar refractivity (Wildman–Crippen MR) is 82.3 cm³/mol. The highest BCUT2D eigenvalue weighted by Crippen LogP contribution is 2.16. The van der Waals surface area contributed by atoms with Crippen LogP contribution < -0.4 is 5.32 Å². The van der Waals surface area contributed by atoms with E-state index in [-0.39, 0.29) is 37.2 Å². The molecule has 1 unspecified atom stereocenters. The predicted octanol–water partition coefficient (Wildman–Crippen LogP) is 1.66. The van der Waals surface area contributed by atoms with E-state index < -0.39 is 11.9 Å². The third-order valence-electron chi connectivity index (χ3n) is 3.66. The van der Waals surface area contributed by atoms with Crippen LogP contribution in [0.5, 0.6) is 0 Å². The van der Waals surface area contributed by atoms with Crippen LogP contribution in [0.15, 0.2) is 24.3 Å². The number of carbonyl (C=O) groups is 2. The molecule has 0 saturated carbocycles. The molecule has 0 aromatic heterocycles. The smallest absolute Gasteiger partial charge is 0.307 e. The minimum absolute atomic E-state index is 0. The summed E-state index contributed by atoms with van der Waals surface area (Å²) in [4.78, 5) is 24.6. The number of hydrogen-bond acceptors (Lipinski definition) is 3. The molecule has 1 amide bonds. The van der Waals surface area contributed by atoms with Crippen LogP contribution in [-0.4, -0.2) is 41.5 Å². The van der Waals surface area contributed by atoms with Crippen molar-refractivity contribution in [1.29, 1.82) is 0 Å². The maximum Gasteiger partial charge on any atom is 0.307 e. The second kappa shape index (κ2) is 8.70. The molecular formula is C15H20ClFN2O3. The lowest BCUT2D eigenvalue weighted by Gasteiger charge is -2.29. The Morgan fingerprint density at radius 3 is 2.77 bits per heavy atom. The summed E-state index contributed by atoms with van der Waals surface area (Å²) < 4.78 is 13.4. The van der Waals surface area contributed by atoms with E-state index in [9.17, 15) is 14.0 Å². The molecule has 1 heterocycles. The molecule has 2 N–H and O–H groups in total. The first-order valence-electron chi connectivity index (χ1n) is 7.01. The molecule has 1 fully saturated rings. The van der Waals surface area contributed by atoms with Crippen molar-refractivity contribution in [1.82, 2.24) is 10.2 Å². The Kier molecular flexibility index (Phi) is 7.27. The normalized spacial score (nSPS) is 18.3. The zero-order chi connectivity index (χ0) is 15.2. The van der Waals surface area contributed by atoms with Gasteiger partial charge in [0.05, 0.1) is 12.5 Å². The number of piperidine rings is 1. The summed E-state index contributed by atoms with van der Waals surface area (Å²) in [5, 5.41) is 11.7. The number of carboxylic acids is 1. The Balaban J connectivity index is 0.00000242. The number of likely N-dealkylation sites (tertiary alicyclic amines) is 1. The van der Waals surface area contributed by atoms with Gasteiger partial charge in [0.15, 0.2) is 0 Å². The number of amides is 1. The van der Waals surface area contributed by atoms with Crippen LogP contribution in [-0.2, 0) is 16.1 Å². The van der Waals surface area contributed by atoms with Gasteiger partial charge in [-0.25, -0.2) is 4.39 Å². The van der Waals surface area contributed by atoms with Crippen molar-refractivity contribution in [2.45, 2.75) is 19.4 Å². The SMILES string of the molecule is Cl.O=C(CN1CCCC(C(=O)O)C1)NCc1ccccc1F. The molecule has 1 saturated heterocycles. The topological polar surface area (TPSA) is 69.6 Å². The van der Waals surface area contributed by atoms with E-state index in [0.29, 0.717) is 18.5 Å². The van der Waals surface area contributed by atoms with Gasteiger partial charge in [-0.3, -0.25) is 14.5 Å². The Bertz CT molecular complexity index is 527. The Hall–Kier alpha value is -1.66. The van der Waals surface area contributed by atoms with Gasteiger partial charge >= 0.3 is 5.97 Å². The minimum Gasteiger partial charge on any atom is -0.481 e. The van der Waals surface area contributed by atoms with Crippen LogP contribution in [0.2, 0.25) is 0 Å². The molecular weight excluding hydrogens is 311 g/mol. The van der Waals surface area contributed by atoms with Crippen LogP contribution in [0.25, 0.3) is 0 Å². The quantitative estimate of drug-likeness (QED) is 0.861. The van der Waals surface area contributed by atoms with Gasteiger partial charge in [-0.05, 0) is 25.5 Å². The van der Waals surface area contributed by atoms with Gasteiger partial charge in [-0.15, -0.1) is 12.4 Å². The van der Waals surface area contributed by atoms with E-state index in [1.54, 1.807) is 18.2 Å². The van der Waals surface area contributed by atoms with E-state index in [1.165, 1.54) is 6.07 Å². The first-order chi connectivity index (χ1) is 10.1. The number of benzene rings is 1. The molecule has 0 aliphatic carbocycles. The summed E-state index contributed by atoms with van der Waals surface area (Å²) in [6.07, 6.45) is 1.43. The molecule has 2 rings (SSSR count). The summed E-state index contributed by atoms with van der Waals surface area (Å²) in [5.41, 5.74) is 0.438. The van der Waals surface area contributed by atoms with E-state index in [2.05, 4.69) is 5.32 Å². The molecule has 5 nitrogen and oxygen atoms in total. The van der Waals surface area contributed by atoms with Crippen molar-refractivity contribution < 1.29 is 19.1 Å². The molecule has 0 radical (unpaired) electrons. The first kappa shape index (κ1) is 18.4. The molecule has 1 aliphatic rings.